The first-order valence-electron chi connectivity index (χ1n) is 8.16. The number of aromatic nitrogens is 2. The van der Waals surface area contributed by atoms with Crippen LogP contribution in [-0.4, -0.2) is 28.2 Å². The molecule has 0 unspecified atom stereocenters. The summed E-state index contributed by atoms with van der Waals surface area (Å²) in [6.07, 6.45) is 4.29. The van der Waals surface area contributed by atoms with Gasteiger partial charge in [0.1, 0.15) is 5.69 Å². The second-order valence-corrected chi connectivity index (χ2v) is 5.71. The van der Waals surface area contributed by atoms with Crippen LogP contribution in [0.5, 0.6) is 0 Å². The van der Waals surface area contributed by atoms with E-state index in [1.54, 1.807) is 18.5 Å². The molecule has 0 spiro atoms. The van der Waals surface area contributed by atoms with Gasteiger partial charge in [0, 0.05) is 43.0 Å². The number of ketones is 1. The Kier molecular flexibility index (Phi) is 5.36. The third kappa shape index (κ3) is 4.64. The van der Waals surface area contributed by atoms with Crippen molar-refractivity contribution in [3.8, 4) is 0 Å². The highest BCUT2D eigenvalue weighted by Gasteiger charge is 2.13. The normalized spacial score (nSPS) is 10.4. The lowest BCUT2D eigenvalue weighted by molar-refractivity contribution is 0.0949. The zero-order valence-electron chi connectivity index (χ0n) is 13.7. The monoisotopic (exact) mass is 333 g/mol. The van der Waals surface area contributed by atoms with Crippen molar-refractivity contribution in [1.29, 1.82) is 0 Å². The molecular formula is C20H19N3O2. The minimum absolute atomic E-state index is 0.0185. The molecule has 5 heteroatoms. The Balaban J connectivity index is 1.53. The second-order valence-electron chi connectivity index (χ2n) is 5.71. The molecule has 0 fully saturated rings. The number of H-pyrrole nitrogens is 1. The first-order chi connectivity index (χ1) is 12.2. The van der Waals surface area contributed by atoms with E-state index in [0.717, 1.165) is 11.3 Å². The van der Waals surface area contributed by atoms with Crippen LogP contribution in [-0.2, 0) is 12.8 Å². The van der Waals surface area contributed by atoms with Gasteiger partial charge in [-0.05, 0) is 23.8 Å². The van der Waals surface area contributed by atoms with Gasteiger partial charge < -0.3 is 10.3 Å². The Bertz CT molecular complexity index is 842. The number of pyridine rings is 1. The lowest BCUT2D eigenvalue weighted by atomic mass is 10.1. The van der Waals surface area contributed by atoms with Gasteiger partial charge in [-0.3, -0.25) is 14.6 Å². The molecule has 25 heavy (non-hydrogen) atoms. The predicted molar refractivity (Wildman–Crippen MR) is 95.5 cm³/mol. The Morgan fingerprint density at radius 3 is 2.60 bits per heavy atom. The van der Waals surface area contributed by atoms with Crippen LogP contribution in [0.1, 0.15) is 32.1 Å². The Labute approximate surface area is 146 Å². The molecule has 0 bridgehead atoms. The molecule has 3 rings (SSSR count). The number of Topliss-reactive ketones (excluding diaryl/α,β-unsaturated/α-hetero) is 1. The standard InChI is InChI=1S/C20H19N3O2/c24-19(12-15-6-2-1-3-7-15)16-13-18(23-14-16)20(25)22-11-9-17-8-4-5-10-21-17/h1-8,10,13-14,23H,9,11-12H2,(H,22,25). The van der Waals surface area contributed by atoms with Crippen molar-refractivity contribution in [2.45, 2.75) is 12.8 Å². The summed E-state index contributed by atoms with van der Waals surface area (Å²) in [4.78, 5) is 31.5. The average Bonchev–Trinajstić information content (AvgIpc) is 3.14. The van der Waals surface area contributed by atoms with Gasteiger partial charge in [0.25, 0.3) is 5.91 Å². The van der Waals surface area contributed by atoms with Gasteiger partial charge in [-0.15, -0.1) is 0 Å². The number of carbonyl (C=O) groups excluding carboxylic acids is 2. The van der Waals surface area contributed by atoms with E-state index < -0.39 is 0 Å². The number of hydrogen-bond acceptors (Lipinski definition) is 3. The SMILES string of the molecule is O=C(Cc1ccccc1)c1c[nH]c(C(=O)NCCc2ccccn2)c1. The quantitative estimate of drug-likeness (QED) is 0.653. The summed E-state index contributed by atoms with van der Waals surface area (Å²) in [6, 6.07) is 16.8. The van der Waals surface area contributed by atoms with Gasteiger partial charge in [0.05, 0.1) is 0 Å². The Hall–Kier alpha value is -3.21. The van der Waals surface area contributed by atoms with Crippen LogP contribution >= 0.6 is 0 Å². The predicted octanol–water partition coefficient (Wildman–Crippen LogP) is 2.81. The van der Waals surface area contributed by atoms with E-state index in [0.29, 0.717) is 30.6 Å². The van der Waals surface area contributed by atoms with Crippen LogP contribution in [0, 0.1) is 0 Å². The molecule has 0 atom stereocenters. The van der Waals surface area contributed by atoms with E-state index in [1.807, 2.05) is 48.5 Å². The number of hydrogen-bond donors (Lipinski definition) is 2. The van der Waals surface area contributed by atoms with E-state index in [-0.39, 0.29) is 11.7 Å². The molecule has 126 valence electrons. The van der Waals surface area contributed by atoms with Gasteiger partial charge in [-0.1, -0.05) is 36.4 Å². The highest BCUT2D eigenvalue weighted by molar-refractivity contribution is 6.01. The molecule has 2 heterocycles. The zero-order valence-corrected chi connectivity index (χ0v) is 13.7. The Morgan fingerprint density at radius 2 is 1.84 bits per heavy atom. The lowest BCUT2D eigenvalue weighted by Gasteiger charge is -2.03. The fourth-order valence-electron chi connectivity index (χ4n) is 2.52. The molecular weight excluding hydrogens is 314 g/mol. The number of aromatic amines is 1. The molecule has 2 aromatic heterocycles. The van der Waals surface area contributed by atoms with Gasteiger partial charge in [0.15, 0.2) is 5.78 Å². The van der Waals surface area contributed by atoms with Crippen LogP contribution < -0.4 is 5.32 Å². The van der Waals surface area contributed by atoms with Crippen LogP contribution in [0.15, 0.2) is 67.0 Å². The molecule has 2 N–H and O–H groups in total. The molecule has 0 saturated carbocycles. The third-order valence-electron chi connectivity index (χ3n) is 3.85. The largest absolute Gasteiger partial charge is 0.356 e. The van der Waals surface area contributed by atoms with Crippen LogP contribution in [0.25, 0.3) is 0 Å². The maximum atomic E-state index is 12.3. The number of amides is 1. The van der Waals surface area contributed by atoms with Crippen LogP contribution in [0.4, 0.5) is 0 Å². The van der Waals surface area contributed by atoms with E-state index in [9.17, 15) is 9.59 Å². The molecule has 0 aliphatic heterocycles. The minimum Gasteiger partial charge on any atom is -0.356 e. The maximum absolute atomic E-state index is 12.3. The zero-order chi connectivity index (χ0) is 17.5. The number of benzene rings is 1. The summed E-state index contributed by atoms with van der Waals surface area (Å²) in [5, 5.41) is 2.83. The fraction of sp³-hybridized carbons (Fsp3) is 0.150. The molecule has 0 radical (unpaired) electrons. The van der Waals surface area contributed by atoms with Crippen molar-refractivity contribution < 1.29 is 9.59 Å². The smallest absolute Gasteiger partial charge is 0.267 e. The first kappa shape index (κ1) is 16.6. The summed E-state index contributed by atoms with van der Waals surface area (Å²) < 4.78 is 0. The summed E-state index contributed by atoms with van der Waals surface area (Å²) in [5.41, 5.74) is 2.78. The molecule has 1 aromatic carbocycles. The van der Waals surface area contributed by atoms with Gasteiger partial charge in [-0.25, -0.2) is 0 Å². The molecule has 1 amide bonds. The first-order valence-corrected chi connectivity index (χ1v) is 8.16. The molecule has 0 aliphatic rings. The number of nitrogens with one attached hydrogen (secondary N) is 2. The van der Waals surface area contributed by atoms with Gasteiger partial charge in [0.2, 0.25) is 0 Å². The van der Waals surface area contributed by atoms with E-state index in [1.165, 1.54) is 0 Å². The van der Waals surface area contributed by atoms with Crippen molar-refractivity contribution in [2.24, 2.45) is 0 Å². The van der Waals surface area contributed by atoms with E-state index in [2.05, 4.69) is 15.3 Å². The van der Waals surface area contributed by atoms with Crippen LogP contribution in [0.3, 0.4) is 0 Å². The third-order valence-corrected chi connectivity index (χ3v) is 3.85. The Morgan fingerprint density at radius 1 is 1.04 bits per heavy atom. The highest BCUT2D eigenvalue weighted by atomic mass is 16.2. The number of nitrogens with zero attached hydrogens (tertiary/aromatic N) is 1. The summed E-state index contributed by atoms with van der Waals surface area (Å²) in [5.74, 6) is -0.246. The highest BCUT2D eigenvalue weighted by Crippen LogP contribution is 2.09. The maximum Gasteiger partial charge on any atom is 0.267 e. The van der Waals surface area contributed by atoms with Crippen molar-refractivity contribution >= 4 is 11.7 Å². The topological polar surface area (TPSA) is 74.8 Å². The van der Waals surface area contributed by atoms with Gasteiger partial charge in [-0.2, -0.15) is 0 Å². The summed E-state index contributed by atoms with van der Waals surface area (Å²) in [6.45, 7) is 0.488. The second kappa shape index (κ2) is 8.06. The average molecular weight is 333 g/mol. The number of rotatable bonds is 7. The summed E-state index contributed by atoms with van der Waals surface area (Å²) in [7, 11) is 0. The van der Waals surface area contributed by atoms with Crippen molar-refractivity contribution in [3.63, 3.8) is 0 Å². The molecule has 0 saturated heterocycles. The van der Waals surface area contributed by atoms with Crippen molar-refractivity contribution in [2.75, 3.05) is 6.54 Å². The molecule has 0 aliphatic carbocycles. The van der Waals surface area contributed by atoms with Gasteiger partial charge >= 0.3 is 0 Å². The summed E-state index contributed by atoms with van der Waals surface area (Å²) >= 11 is 0. The fourth-order valence-corrected chi connectivity index (χ4v) is 2.52. The molecule has 5 nitrogen and oxygen atoms in total. The van der Waals surface area contributed by atoms with E-state index >= 15 is 0 Å². The van der Waals surface area contributed by atoms with Crippen molar-refractivity contribution in [1.82, 2.24) is 15.3 Å². The lowest BCUT2D eigenvalue weighted by Crippen LogP contribution is -2.26. The molecule has 3 aromatic rings. The van der Waals surface area contributed by atoms with Crippen LogP contribution in [0.2, 0.25) is 0 Å². The minimum atomic E-state index is -0.227. The van der Waals surface area contributed by atoms with E-state index in [4.69, 9.17) is 0 Å². The number of carbonyl (C=O) groups is 2. The van der Waals surface area contributed by atoms with Crippen molar-refractivity contribution in [3.05, 3.63) is 89.5 Å².